The first-order valence-electron chi connectivity index (χ1n) is 7.48. The van der Waals surface area contributed by atoms with Gasteiger partial charge >= 0.3 is 0 Å². The largest absolute Gasteiger partial charge is 0.342 e. The van der Waals surface area contributed by atoms with Gasteiger partial charge in [-0.3, -0.25) is 4.79 Å². The summed E-state index contributed by atoms with van der Waals surface area (Å²) in [6, 6.07) is 3.50. The maximum absolute atomic E-state index is 12.6. The van der Waals surface area contributed by atoms with Crippen molar-refractivity contribution in [3.8, 4) is 5.13 Å². The van der Waals surface area contributed by atoms with Crippen LogP contribution in [-0.2, 0) is 9.84 Å². The molecule has 0 bridgehead atoms. The van der Waals surface area contributed by atoms with E-state index in [2.05, 4.69) is 43.0 Å². The van der Waals surface area contributed by atoms with Crippen LogP contribution in [0.5, 0.6) is 0 Å². The second-order valence-electron chi connectivity index (χ2n) is 5.62. The maximum atomic E-state index is 12.6. The van der Waals surface area contributed by atoms with E-state index >= 15 is 0 Å². The average molecular weight is 540 g/mol. The fourth-order valence-corrected chi connectivity index (χ4v) is 4.61. The summed E-state index contributed by atoms with van der Waals surface area (Å²) in [7, 11) is -3.49. The summed E-state index contributed by atoms with van der Waals surface area (Å²) in [6.45, 7) is 1.75. The molecule has 0 aliphatic heterocycles. The summed E-state index contributed by atoms with van der Waals surface area (Å²) < 4.78 is 26.1. The monoisotopic (exact) mass is 539 g/mol. The maximum Gasteiger partial charge on any atom is 0.251 e. The molecule has 3 rings (SSSR count). The van der Waals surface area contributed by atoms with E-state index in [0.29, 0.717) is 11.0 Å². The van der Waals surface area contributed by atoms with Gasteiger partial charge in [0.25, 0.3) is 5.91 Å². The second kappa shape index (κ2) is 7.81. The molecular formula is C15H15ClIN5O3S2. The van der Waals surface area contributed by atoms with Gasteiger partial charge in [-0.25, -0.2) is 18.4 Å². The molecule has 0 aliphatic rings. The molecule has 1 amide bonds. The van der Waals surface area contributed by atoms with Gasteiger partial charge in [0.1, 0.15) is 6.33 Å². The van der Waals surface area contributed by atoms with Crippen molar-refractivity contribution >= 4 is 61.3 Å². The molecule has 27 heavy (non-hydrogen) atoms. The van der Waals surface area contributed by atoms with Crippen LogP contribution in [0, 0.1) is 2.88 Å². The van der Waals surface area contributed by atoms with Crippen LogP contribution in [0.3, 0.4) is 0 Å². The Hall–Kier alpha value is -1.57. The number of benzene rings is 1. The number of carbonyl (C=O) groups is 1. The average Bonchev–Trinajstić information content (AvgIpc) is 3.21. The number of nitrogens with zero attached hydrogens (tertiary/aromatic N) is 4. The zero-order valence-electron chi connectivity index (χ0n) is 14.1. The highest BCUT2D eigenvalue weighted by Crippen LogP contribution is 2.23. The van der Waals surface area contributed by atoms with E-state index in [0.717, 1.165) is 9.14 Å². The van der Waals surface area contributed by atoms with Crippen molar-refractivity contribution in [2.24, 2.45) is 0 Å². The predicted octanol–water partition coefficient (Wildman–Crippen LogP) is 3.12. The van der Waals surface area contributed by atoms with Crippen molar-refractivity contribution in [2.45, 2.75) is 17.9 Å². The number of thiazole rings is 1. The van der Waals surface area contributed by atoms with Crippen LogP contribution in [0.25, 0.3) is 5.13 Å². The van der Waals surface area contributed by atoms with Gasteiger partial charge in [0.15, 0.2) is 15.7 Å². The number of nitrogens with one attached hydrogen (secondary N) is 1. The first kappa shape index (κ1) is 20.2. The zero-order valence-corrected chi connectivity index (χ0v) is 18.6. The van der Waals surface area contributed by atoms with Crippen molar-refractivity contribution in [1.82, 2.24) is 25.1 Å². The van der Waals surface area contributed by atoms with E-state index in [1.165, 1.54) is 35.9 Å². The molecule has 0 fully saturated rings. The number of aromatic nitrogens is 4. The third-order valence-electron chi connectivity index (χ3n) is 3.52. The Morgan fingerprint density at radius 2 is 2.11 bits per heavy atom. The molecule has 0 aliphatic carbocycles. The Kier molecular flexibility index (Phi) is 5.84. The quantitative estimate of drug-likeness (QED) is 0.499. The number of carbonyl (C=O) groups excluding carboxylic acids is 1. The highest BCUT2D eigenvalue weighted by Gasteiger charge is 2.20. The van der Waals surface area contributed by atoms with Crippen LogP contribution in [0.15, 0.2) is 35.6 Å². The minimum atomic E-state index is -3.49. The molecule has 0 saturated heterocycles. The Labute approximate surface area is 179 Å². The molecule has 1 aromatic carbocycles. The van der Waals surface area contributed by atoms with Gasteiger partial charge in [-0.15, -0.1) is 0 Å². The van der Waals surface area contributed by atoms with E-state index in [1.807, 2.05) is 0 Å². The van der Waals surface area contributed by atoms with Gasteiger partial charge in [-0.2, -0.15) is 9.78 Å². The number of hydrogen-bond donors (Lipinski definition) is 1. The zero-order chi connectivity index (χ0) is 19.8. The van der Waals surface area contributed by atoms with E-state index in [1.54, 1.807) is 17.8 Å². The molecule has 2 aromatic heterocycles. The molecule has 0 saturated carbocycles. The highest BCUT2D eigenvalue weighted by atomic mass is 127. The van der Waals surface area contributed by atoms with Crippen molar-refractivity contribution in [3.63, 3.8) is 0 Å². The topological polar surface area (TPSA) is 107 Å². The number of sulfone groups is 1. The van der Waals surface area contributed by atoms with Crippen molar-refractivity contribution in [2.75, 3.05) is 6.26 Å². The third-order valence-corrected chi connectivity index (χ3v) is 6.53. The van der Waals surface area contributed by atoms with Gasteiger partial charge in [0, 0.05) is 18.3 Å². The van der Waals surface area contributed by atoms with E-state index in [9.17, 15) is 13.2 Å². The summed E-state index contributed by atoms with van der Waals surface area (Å²) >= 11 is 9.56. The van der Waals surface area contributed by atoms with Crippen LogP contribution in [0.4, 0.5) is 0 Å². The molecule has 0 spiro atoms. The van der Waals surface area contributed by atoms with Gasteiger partial charge in [0.2, 0.25) is 5.13 Å². The van der Waals surface area contributed by atoms with E-state index in [4.69, 9.17) is 11.6 Å². The molecule has 2 heterocycles. The number of halogens is 2. The summed E-state index contributed by atoms with van der Waals surface area (Å²) in [6.07, 6.45) is 4.15. The first-order chi connectivity index (χ1) is 12.6. The van der Waals surface area contributed by atoms with E-state index < -0.39 is 21.8 Å². The summed E-state index contributed by atoms with van der Waals surface area (Å²) in [5.41, 5.74) is 0.143. The fraction of sp³-hybridized carbons (Fsp3) is 0.200. The van der Waals surface area contributed by atoms with Gasteiger partial charge in [-0.1, -0.05) is 22.9 Å². The predicted molar refractivity (Wildman–Crippen MR) is 112 cm³/mol. The molecule has 144 valence electrons. The lowest BCUT2D eigenvalue weighted by Gasteiger charge is -2.14. The van der Waals surface area contributed by atoms with Crippen molar-refractivity contribution in [1.29, 1.82) is 0 Å². The summed E-state index contributed by atoms with van der Waals surface area (Å²) in [4.78, 5) is 21.0. The molecule has 8 nitrogen and oxygen atoms in total. The van der Waals surface area contributed by atoms with Crippen LogP contribution in [0.1, 0.15) is 30.6 Å². The standard InChI is InChI=1S/C15H13ClIN5O3S2.H2/c1-8(13-19-7-20-22(13)15-18-6-12(17)26-15)21-14(23)9-3-10(16)5-11(4-9)27(2,24)25;/h3-8H,1-2H3,(H,21,23);1H/t8-;/m0./s1. The van der Waals surface area contributed by atoms with Crippen LogP contribution in [-0.4, -0.2) is 40.3 Å². The van der Waals surface area contributed by atoms with Gasteiger partial charge in [-0.05, 0) is 47.7 Å². The van der Waals surface area contributed by atoms with Gasteiger partial charge < -0.3 is 5.32 Å². The Balaban J connectivity index is 0.00000280. The molecule has 1 N–H and O–H groups in total. The van der Waals surface area contributed by atoms with Crippen molar-refractivity contribution < 1.29 is 14.6 Å². The first-order valence-corrected chi connectivity index (χ1v) is 11.6. The number of hydrogen-bond acceptors (Lipinski definition) is 7. The number of rotatable bonds is 5. The minimum Gasteiger partial charge on any atom is -0.342 e. The molecule has 0 radical (unpaired) electrons. The third kappa shape index (κ3) is 4.65. The smallest absolute Gasteiger partial charge is 0.251 e. The SMILES string of the molecule is C[C@H](NC(=O)c1cc(Cl)cc(S(C)(=O)=O)c1)c1ncnn1-c1ncc(I)s1.[HH]. The molecule has 1 atom stereocenters. The fourth-order valence-electron chi connectivity index (χ4n) is 2.29. The minimum absolute atomic E-state index is 0. The second-order valence-corrected chi connectivity index (χ2v) is 11.0. The Morgan fingerprint density at radius 1 is 1.37 bits per heavy atom. The number of amides is 1. The van der Waals surface area contributed by atoms with Gasteiger partial charge in [0.05, 0.1) is 20.0 Å². The van der Waals surface area contributed by atoms with E-state index in [-0.39, 0.29) is 16.9 Å². The van der Waals surface area contributed by atoms with Crippen LogP contribution in [0.2, 0.25) is 5.02 Å². The molecule has 0 unspecified atom stereocenters. The molecular weight excluding hydrogens is 525 g/mol. The summed E-state index contributed by atoms with van der Waals surface area (Å²) in [5.74, 6) is 0.0256. The lowest BCUT2D eigenvalue weighted by atomic mass is 10.2. The highest BCUT2D eigenvalue weighted by molar-refractivity contribution is 14.1. The summed E-state index contributed by atoms with van der Waals surface area (Å²) in [5, 5.41) is 7.74. The normalized spacial score (nSPS) is 12.7. The van der Waals surface area contributed by atoms with Crippen LogP contribution < -0.4 is 5.32 Å². The molecule has 12 heteroatoms. The van der Waals surface area contributed by atoms with Crippen LogP contribution >= 0.6 is 45.5 Å². The lowest BCUT2D eigenvalue weighted by Crippen LogP contribution is -2.28. The van der Waals surface area contributed by atoms with Crippen molar-refractivity contribution in [3.05, 3.63) is 50.0 Å². The Morgan fingerprint density at radius 3 is 2.74 bits per heavy atom. The molecule has 3 aromatic rings. The Bertz CT molecular complexity index is 1120. The lowest BCUT2D eigenvalue weighted by molar-refractivity contribution is 0.0937.